The quantitative estimate of drug-likeness (QED) is 0.0777. The first-order chi connectivity index (χ1) is 29.9. The molecule has 9 rings (SSSR count). The summed E-state index contributed by atoms with van der Waals surface area (Å²) in [5.74, 6) is 0. The van der Waals surface area contributed by atoms with Gasteiger partial charge in [0.05, 0.1) is 11.1 Å². The maximum Gasteiger partial charge on any atom is 0.485 e. The van der Waals surface area contributed by atoms with Gasteiger partial charge in [-0.1, -0.05) is 60.7 Å². The van der Waals surface area contributed by atoms with Gasteiger partial charge in [-0.05, 0) is 73.2 Å². The Kier molecular flexibility index (Phi) is 12.3. The molecule has 2 aliphatic heterocycles. The van der Waals surface area contributed by atoms with Crippen LogP contribution < -0.4 is 9.13 Å². The summed E-state index contributed by atoms with van der Waals surface area (Å²) in [4.78, 5) is 7.10. The fourth-order valence-electron chi connectivity index (χ4n) is 8.29. The lowest BCUT2D eigenvalue weighted by molar-refractivity contribution is -0.689. The van der Waals surface area contributed by atoms with Crippen LogP contribution in [0.3, 0.4) is 0 Å². The Labute approximate surface area is 364 Å². The fourth-order valence-corrected chi connectivity index (χ4v) is 8.29. The summed E-state index contributed by atoms with van der Waals surface area (Å²) in [6.07, 6.45) is 15.8. The lowest BCUT2D eigenvalue weighted by Crippen LogP contribution is -2.43. The van der Waals surface area contributed by atoms with E-state index in [0.29, 0.717) is 0 Å². The number of halogens is 6. The van der Waals surface area contributed by atoms with E-state index >= 15 is 0 Å². The molecule has 0 amide bonds. The summed E-state index contributed by atoms with van der Waals surface area (Å²) in [5.41, 5.74) is 9.83. The van der Waals surface area contributed by atoms with Crippen LogP contribution >= 0.6 is 0 Å². The van der Waals surface area contributed by atoms with Gasteiger partial charge in [0.15, 0.2) is 45.7 Å². The number of nitrogens with one attached hydrogen (secondary N) is 2. The SMILES string of the molecule is Cc1[nH]c2ccccc2c1/C=C/c1cc[n+]2c(c1)-c1c(c(C)c(C)c3c1-c1cc(/C=C/c4c(C)[nH]c5ccccc45)cc[n+]1CC3)CC2.O=S(=O)([O-])C(F)(F)F.O=S(=O)([O-])C(F)(F)F. The van der Waals surface area contributed by atoms with Gasteiger partial charge in [-0.25, -0.2) is 16.8 Å². The van der Waals surface area contributed by atoms with Crippen molar-refractivity contribution in [2.24, 2.45) is 0 Å². The van der Waals surface area contributed by atoms with Crippen molar-refractivity contribution in [1.82, 2.24) is 9.97 Å². The first-order valence-electron chi connectivity index (χ1n) is 19.7. The summed E-state index contributed by atoms with van der Waals surface area (Å²) in [6.45, 7) is 11.0. The Morgan fingerprint density at radius 2 is 0.906 bits per heavy atom. The zero-order valence-electron chi connectivity index (χ0n) is 34.6. The van der Waals surface area contributed by atoms with Gasteiger partial charge in [0.25, 0.3) is 0 Å². The molecule has 0 unspecified atom stereocenters. The number of aromatic nitrogens is 4. The van der Waals surface area contributed by atoms with E-state index < -0.39 is 31.3 Å². The molecule has 0 fully saturated rings. The van der Waals surface area contributed by atoms with Crippen molar-refractivity contribution in [2.75, 3.05) is 0 Å². The highest BCUT2D eigenvalue weighted by molar-refractivity contribution is 7.86. The third-order valence-electron chi connectivity index (χ3n) is 11.5. The highest BCUT2D eigenvalue weighted by atomic mass is 32.2. The van der Waals surface area contributed by atoms with E-state index in [1.807, 2.05) is 0 Å². The average Bonchev–Trinajstić information content (AvgIpc) is 3.73. The van der Waals surface area contributed by atoms with Gasteiger partial charge in [-0.3, -0.25) is 0 Å². The van der Waals surface area contributed by atoms with Crippen LogP contribution in [0.15, 0.2) is 85.2 Å². The standard InChI is InChI=1S/C44H38N4.2CHF3O3S/c1-27-28(2)34-20-24-48-22-18-32(14-16-36-30(4)46-40-12-8-6-10-38(36)40)26-42(48)44(34)43-33(27)19-23-47-21-17-31(25-41(43)47)13-15-35-29(3)45-39-11-7-5-9-37(35)39;2*2-1(3,4)8(5,6)7/h5-18,21-22,25-26H,19-20,23-24H2,1-4H3;2*(H,5,6,7). The molecular weight excluding hydrogens is 883 g/mol. The van der Waals surface area contributed by atoms with E-state index in [4.69, 9.17) is 25.9 Å². The minimum absolute atomic E-state index is 1.000. The Morgan fingerprint density at radius 1 is 0.562 bits per heavy atom. The monoisotopic (exact) mass is 922 g/mol. The zero-order valence-corrected chi connectivity index (χ0v) is 36.3. The molecule has 2 N–H and O–H groups in total. The highest BCUT2D eigenvalue weighted by Crippen LogP contribution is 2.43. The molecule has 3 aromatic carbocycles. The normalized spacial score (nSPS) is 13.8. The minimum Gasteiger partial charge on any atom is -0.741 e. The minimum atomic E-state index is -6.09. The van der Waals surface area contributed by atoms with Crippen LogP contribution in [0.2, 0.25) is 0 Å². The number of hydrogen-bond donors (Lipinski definition) is 2. The predicted octanol–water partition coefficient (Wildman–Crippen LogP) is 9.35. The van der Waals surface area contributed by atoms with Crippen molar-refractivity contribution in [3.05, 3.63) is 141 Å². The van der Waals surface area contributed by atoms with Gasteiger partial charge in [-0.2, -0.15) is 35.5 Å². The fraction of sp³-hybridized carbons (Fsp3) is 0.217. The van der Waals surface area contributed by atoms with Crippen molar-refractivity contribution < 1.29 is 61.4 Å². The smallest absolute Gasteiger partial charge is 0.485 e. The number of para-hydroxylation sites is 2. The van der Waals surface area contributed by atoms with Gasteiger partial charge < -0.3 is 19.1 Å². The molecule has 0 saturated heterocycles. The number of pyridine rings is 2. The molecule has 0 atom stereocenters. The summed E-state index contributed by atoms with van der Waals surface area (Å²) in [7, 11) is -12.2. The first kappa shape index (κ1) is 45.9. The molecule has 0 radical (unpaired) electrons. The van der Waals surface area contributed by atoms with Crippen LogP contribution in [0.4, 0.5) is 26.3 Å². The number of fused-ring (bicyclic) bond motifs is 9. The average molecular weight is 923 g/mol. The topological polar surface area (TPSA) is 154 Å². The number of nitrogens with zero attached hydrogens (tertiary/aromatic N) is 2. The van der Waals surface area contributed by atoms with Gasteiger partial charge in [0.1, 0.15) is 0 Å². The van der Waals surface area contributed by atoms with E-state index in [1.54, 1.807) is 0 Å². The molecule has 64 heavy (non-hydrogen) atoms. The molecule has 2 aliphatic rings. The maximum atomic E-state index is 10.7. The number of alkyl halides is 6. The molecule has 18 heteroatoms. The molecule has 0 bridgehead atoms. The molecule has 4 aromatic heterocycles. The van der Waals surface area contributed by atoms with E-state index in [0.717, 1.165) is 25.9 Å². The second-order valence-electron chi connectivity index (χ2n) is 15.4. The Bertz CT molecular complexity index is 3040. The third-order valence-corrected chi connectivity index (χ3v) is 12.6. The molecule has 0 aliphatic carbocycles. The number of rotatable bonds is 4. The van der Waals surface area contributed by atoms with Gasteiger partial charge in [0.2, 0.25) is 11.4 Å². The molecular formula is C46H40F6N4O6S2. The maximum absolute atomic E-state index is 10.7. The molecule has 7 aromatic rings. The number of aromatic amines is 2. The molecule has 334 valence electrons. The van der Waals surface area contributed by atoms with Crippen LogP contribution in [-0.4, -0.2) is 46.9 Å². The number of H-pyrrole nitrogens is 2. The van der Waals surface area contributed by atoms with E-state index in [1.165, 1.54) is 100 Å². The Balaban J connectivity index is 0.000000328. The van der Waals surface area contributed by atoms with Crippen molar-refractivity contribution in [2.45, 2.75) is 64.6 Å². The lowest BCUT2D eigenvalue weighted by Gasteiger charge is -2.27. The summed E-state index contributed by atoms with van der Waals surface area (Å²) in [5, 5.41) is 2.53. The van der Waals surface area contributed by atoms with E-state index in [-0.39, 0.29) is 0 Å². The van der Waals surface area contributed by atoms with Gasteiger partial charge in [-0.15, -0.1) is 0 Å². The summed E-state index contributed by atoms with van der Waals surface area (Å²) in [6, 6.07) is 26.5. The summed E-state index contributed by atoms with van der Waals surface area (Å²) >= 11 is 0. The predicted molar refractivity (Wildman–Crippen MR) is 230 cm³/mol. The van der Waals surface area contributed by atoms with Crippen LogP contribution in [0.25, 0.3) is 68.6 Å². The number of hydrogen-bond acceptors (Lipinski definition) is 6. The largest absolute Gasteiger partial charge is 0.741 e. The highest BCUT2D eigenvalue weighted by Gasteiger charge is 2.38. The van der Waals surface area contributed by atoms with Crippen molar-refractivity contribution in [3.8, 4) is 22.5 Å². The molecule has 0 saturated carbocycles. The summed E-state index contributed by atoms with van der Waals surface area (Å²) < 4.78 is 123. The van der Waals surface area contributed by atoms with Crippen LogP contribution in [0.1, 0.15) is 55.9 Å². The zero-order chi connectivity index (χ0) is 46.5. The second-order valence-corrected chi connectivity index (χ2v) is 18.2. The number of benzene rings is 3. The first-order valence-corrected chi connectivity index (χ1v) is 22.5. The van der Waals surface area contributed by atoms with E-state index in [2.05, 4.69) is 156 Å². The van der Waals surface area contributed by atoms with E-state index in [9.17, 15) is 26.3 Å². The van der Waals surface area contributed by atoms with Gasteiger partial charge in [0, 0.05) is 81.4 Å². The lowest BCUT2D eigenvalue weighted by atomic mass is 9.79. The van der Waals surface area contributed by atoms with Crippen LogP contribution in [0, 0.1) is 27.7 Å². The van der Waals surface area contributed by atoms with Gasteiger partial charge >= 0.3 is 11.0 Å². The Hall–Kier alpha value is -6.08. The second kappa shape index (κ2) is 17.1. The van der Waals surface area contributed by atoms with Crippen LogP contribution in [-0.2, 0) is 46.2 Å². The van der Waals surface area contributed by atoms with Crippen molar-refractivity contribution in [3.63, 3.8) is 0 Å². The molecule has 6 heterocycles. The van der Waals surface area contributed by atoms with Crippen LogP contribution in [0.5, 0.6) is 0 Å². The third kappa shape index (κ3) is 9.13. The Morgan fingerprint density at radius 3 is 1.25 bits per heavy atom. The molecule has 10 nitrogen and oxygen atoms in total. The molecule has 0 spiro atoms. The van der Waals surface area contributed by atoms with Crippen molar-refractivity contribution in [1.29, 1.82) is 0 Å². The van der Waals surface area contributed by atoms with Crippen molar-refractivity contribution >= 4 is 66.3 Å². The number of aryl methyl sites for hydroxylation is 4.